The average Bonchev–Trinajstić information content (AvgIpc) is 2.82. The molecule has 0 bridgehead atoms. The van der Waals surface area contributed by atoms with Gasteiger partial charge in [0.1, 0.15) is 5.75 Å². The number of rotatable bonds is 1. The van der Waals surface area contributed by atoms with Crippen LogP contribution in [0.4, 0.5) is 0 Å². The van der Waals surface area contributed by atoms with E-state index >= 15 is 0 Å². The standard InChI is InChI=1S/C19H26O2/c1-19-10-9-15-14-6-4-13(21-2)11-12(14)3-5-16(15)17(19)7-8-18(19)20/h4,6,11,15-18,20H,3,5,7-10H2,1-2H3/t15?,16?,17?,18?,19-/m0/s1. The van der Waals surface area contributed by atoms with E-state index < -0.39 is 0 Å². The van der Waals surface area contributed by atoms with Gasteiger partial charge in [-0.15, -0.1) is 0 Å². The van der Waals surface area contributed by atoms with Crippen LogP contribution in [0.1, 0.15) is 56.1 Å². The van der Waals surface area contributed by atoms with Gasteiger partial charge in [-0.25, -0.2) is 0 Å². The molecule has 0 heterocycles. The fourth-order valence-electron chi connectivity index (χ4n) is 5.66. The van der Waals surface area contributed by atoms with Gasteiger partial charge in [0, 0.05) is 0 Å². The molecule has 5 atom stereocenters. The van der Waals surface area contributed by atoms with E-state index in [1.54, 1.807) is 12.7 Å². The Hall–Kier alpha value is -1.02. The molecule has 1 aromatic carbocycles. The number of aryl methyl sites for hydroxylation is 1. The first-order valence-electron chi connectivity index (χ1n) is 8.48. The van der Waals surface area contributed by atoms with Gasteiger partial charge in [0.25, 0.3) is 0 Å². The summed E-state index contributed by atoms with van der Waals surface area (Å²) in [6.45, 7) is 2.34. The lowest BCUT2D eigenvalue weighted by molar-refractivity contribution is -0.0226. The van der Waals surface area contributed by atoms with Crippen molar-refractivity contribution in [1.82, 2.24) is 0 Å². The molecule has 0 amide bonds. The second-order valence-electron chi connectivity index (χ2n) is 7.62. The molecule has 4 rings (SSSR count). The Balaban J connectivity index is 1.68. The van der Waals surface area contributed by atoms with Gasteiger partial charge in [-0.2, -0.15) is 0 Å². The molecule has 2 saturated carbocycles. The zero-order chi connectivity index (χ0) is 14.6. The van der Waals surface area contributed by atoms with Crippen LogP contribution in [0.5, 0.6) is 5.75 Å². The van der Waals surface area contributed by atoms with Crippen molar-refractivity contribution in [3.8, 4) is 5.75 Å². The van der Waals surface area contributed by atoms with Gasteiger partial charge in [0.05, 0.1) is 13.2 Å². The quantitative estimate of drug-likeness (QED) is 0.848. The van der Waals surface area contributed by atoms with Gasteiger partial charge in [0.15, 0.2) is 0 Å². The van der Waals surface area contributed by atoms with Crippen LogP contribution in [0.25, 0.3) is 0 Å². The third-order valence-electron chi connectivity index (χ3n) is 6.88. The smallest absolute Gasteiger partial charge is 0.119 e. The molecule has 1 aromatic rings. The first kappa shape index (κ1) is 13.6. The summed E-state index contributed by atoms with van der Waals surface area (Å²) in [5.41, 5.74) is 3.25. The number of methoxy groups -OCH3 is 1. The van der Waals surface area contributed by atoms with Gasteiger partial charge in [-0.3, -0.25) is 0 Å². The maximum Gasteiger partial charge on any atom is 0.119 e. The third kappa shape index (κ3) is 1.88. The highest BCUT2D eigenvalue weighted by molar-refractivity contribution is 5.40. The predicted octanol–water partition coefficient (Wildman–Crippen LogP) is 3.91. The van der Waals surface area contributed by atoms with Crippen LogP contribution >= 0.6 is 0 Å². The number of ether oxygens (including phenoxy) is 1. The highest BCUT2D eigenvalue weighted by Gasteiger charge is 2.54. The molecule has 114 valence electrons. The van der Waals surface area contributed by atoms with Crippen LogP contribution in [-0.2, 0) is 6.42 Å². The minimum Gasteiger partial charge on any atom is -0.497 e. The van der Waals surface area contributed by atoms with Crippen LogP contribution in [-0.4, -0.2) is 18.3 Å². The lowest BCUT2D eigenvalue weighted by atomic mass is 9.55. The Kier molecular flexibility index (Phi) is 3.08. The largest absolute Gasteiger partial charge is 0.497 e. The molecule has 4 unspecified atom stereocenters. The molecule has 3 aliphatic carbocycles. The Bertz CT molecular complexity index is 552. The van der Waals surface area contributed by atoms with Crippen molar-refractivity contribution in [2.24, 2.45) is 17.3 Å². The molecule has 21 heavy (non-hydrogen) atoms. The fourth-order valence-corrected chi connectivity index (χ4v) is 5.66. The van der Waals surface area contributed by atoms with E-state index in [1.807, 2.05) is 0 Å². The number of hydrogen-bond donors (Lipinski definition) is 1. The fraction of sp³-hybridized carbons (Fsp3) is 0.684. The number of fused-ring (bicyclic) bond motifs is 5. The van der Waals surface area contributed by atoms with Crippen molar-refractivity contribution in [3.05, 3.63) is 29.3 Å². The molecule has 2 fully saturated rings. The van der Waals surface area contributed by atoms with Gasteiger partial charge in [-0.05, 0) is 85.0 Å². The van der Waals surface area contributed by atoms with Gasteiger partial charge < -0.3 is 9.84 Å². The van der Waals surface area contributed by atoms with Gasteiger partial charge in [0.2, 0.25) is 0 Å². The highest BCUT2D eigenvalue weighted by Crippen LogP contribution is 2.60. The minimum absolute atomic E-state index is 0.0688. The van der Waals surface area contributed by atoms with Gasteiger partial charge in [-0.1, -0.05) is 13.0 Å². The van der Waals surface area contributed by atoms with Crippen molar-refractivity contribution in [2.75, 3.05) is 7.11 Å². The summed E-state index contributed by atoms with van der Waals surface area (Å²) in [5, 5.41) is 10.4. The van der Waals surface area contributed by atoms with Crippen molar-refractivity contribution >= 4 is 0 Å². The topological polar surface area (TPSA) is 29.5 Å². The van der Waals surface area contributed by atoms with E-state index in [2.05, 4.69) is 25.1 Å². The van der Waals surface area contributed by atoms with Crippen LogP contribution in [0.2, 0.25) is 0 Å². The maximum atomic E-state index is 10.4. The second kappa shape index (κ2) is 4.74. The van der Waals surface area contributed by atoms with Crippen LogP contribution in [0.15, 0.2) is 18.2 Å². The lowest BCUT2D eigenvalue weighted by Crippen LogP contribution is -2.43. The summed E-state index contributed by atoms with van der Waals surface area (Å²) in [4.78, 5) is 0. The number of hydrogen-bond acceptors (Lipinski definition) is 2. The van der Waals surface area contributed by atoms with E-state index in [-0.39, 0.29) is 11.5 Å². The van der Waals surface area contributed by atoms with Crippen LogP contribution in [0, 0.1) is 17.3 Å². The van der Waals surface area contributed by atoms with Crippen molar-refractivity contribution in [2.45, 2.75) is 57.5 Å². The molecular weight excluding hydrogens is 260 g/mol. The summed E-state index contributed by atoms with van der Waals surface area (Å²) in [6.07, 6.45) is 7.07. The zero-order valence-electron chi connectivity index (χ0n) is 13.1. The normalized spacial score (nSPS) is 41.1. The molecule has 2 nitrogen and oxygen atoms in total. The molecule has 0 aliphatic heterocycles. The van der Waals surface area contributed by atoms with Crippen molar-refractivity contribution in [1.29, 1.82) is 0 Å². The summed E-state index contributed by atoms with van der Waals surface area (Å²) < 4.78 is 5.38. The number of aliphatic hydroxyl groups is 1. The monoisotopic (exact) mass is 286 g/mol. The SMILES string of the molecule is COc1ccc2c(c1)CCC1C2CC[C@]2(C)C(O)CCC12. The first-order chi connectivity index (χ1) is 10.1. The Morgan fingerprint density at radius 2 is 2.05 bits per heavy atom. The summed E-state index contributed by atoms with van der Waals surface area (Å²) in [7, 11) is 1.75. The van der Waals surface area contributed by atoms with E-state index in [4.69, 9.17) is 4.74 Å². The second-order valence-corrected chi connectivity index (χ2v) is 7.62. The Morgan fingerprint density at radius 1 is 1.19 bits per heavy atom. The molecule has 1 N–H and O–H groups in total. The maximum absolute atomic E-state index is 10.4. The molecule has 0 spiro atoms. The lowest BCUT2D eigenvalue weighted by Gasteiger charge is -2.50. The van der Waals surface area contributed by atoms with E-state index in [0.29, 0.717) is 5.92 Å². The zero-order valence-corrected chi connectivity index (χ0v) is 13.1. The van der Waals surface area contributed by atoms with Crippen LogP contribution in [0.3, 0.4) is 0 Å². The molecule has 0 aromatic heterocycles. The predicted molar refractivity (Wildman–Crippen MR) is 83.6 cm³/mol. The number of aliphatic hydroxyl groups excluding tert-OH is 1. The molecule has 3 aliphatic rings. The summed E-state index contributed by atoms with van der Waals surface area (Å²) >= 11 is 0. The minimum atomic E-state index is -0.0688. The Morgan fingerprint density at radius 3 is 2.86 bits per heavy atom. The van der Waals surface area contributed by atoms with Crippen molar-refractivity contribution in [3.63, 3.8) is 0 Å². The number of benzene rings is 1. The van der Waals surface area contributed by atoms with E-state index in [1.165, 1.54) is 37.7 Å². The average molecular weight is 286 g/mol. The van der Waals surface area contributed by atoms with E-state index in [9.17, 15) is 5.11 Å². The summed E-state index contributed by atoms with van der Waals surface area (Å²) in [6, 6.07) is 6.67. The molecular formula is C19H26O2. The molecule has 0 saturated heterocycles. The Labute approximate surface area is 127 Å². The summed E-state index contributed by atoms with van der Waals surface area (Å²) in [5.74, 6) is 3.20. The third-order valence-corrected chi connectivity index (χ3v) is 6.88. The van der Waals surface area contributed by atoms with Gasteiger partial charge >= 0.3 is 0 Å². The molecule has 2 heteroatoms. The van der Waals surface area contributed by atoms with Crippen molar-refractivity contribution < 1.29 is 9.84 Å². The van der Waals surface area contributed by atoms with E-state index in [0.717, 1.165) is 24.0 Å². The highest BCUT2D eigenvalue weighted by atomic mass is 16.5. The molecule has 0 radical (unpaired) electrons. The van der Waals surface area contributed by atoms with Crippen LogP contribution < -0.4 is 4.74 Å². The first-order valence-corrected chi connectivity index (χ1v) is 8.48.